The normalized spacial score (nSPS) is 14.8. The van der Waals surface area contributed by atoms with Gasteiger partial charge in [0.25, 0.3) is 0 Å². The van der Waals surface area contributed by atoms with Crippen molar-refractivity contribution in [3.05, 3.63) is 145 Å². The van der Waals surface area contributed by atoms with E-state index in [2.05, 4.69) is 0 Å². The van der Waals surface area contributed by atoms with Crippen LogP contribution in [0.4, 0.5) is 0 Å². The second kappa shape index (κ2) is 9.97. The zero-order valence-electron chi connectivity index (χ0n) is 32.8. The van der Waals surface area contributed by atoms with Gasteiger partial charge in [-0.25, -0.2) is 15.0 Å². The van der Waals surface area contributed by atoms with Crippen molar-refractivity contribution in [3.8, 4) is 39.9 Å². The van der Waals surface area contributed by atoms with Gasteiger partial charge in [0, 0.05) is 42.9 Å². The molecule has 0 fully saturated rings. The summed E-state index contributed by atoms with van der Waals surface area (Å²) >= 11 is 1.03. The molecule has 0 radical (unpaired) electrons. The van der Waals surface area contributed by atoms with Gasteiger partial charge in [-0.2, -0.15) is 0 Å². The van der Waals surface area contributed by atoms with Gasteiger partial charge < -0.3 is 4.57 Å². The highest BCUT2D eigenvalue weighted by Gasteiger charge is 2.21. The van der Waals surface area contributed by atoms with Crippen LogP contribution in [0.5, 0.6) is 0 Å². The van der Waals surface area contributed by atoms with Crippen molar-refractivity contribution in [1.82, 2.24) is 19.5 Å². The number of rotatable bonds is 4. The minimum absolute atomic E-state index is 0.0359. The maximum absolute atomic E-state index is 9.34. The second-order valence-corrected chi connectivity index (χ2v) is 11.1. The second-order valence-electron chi connectivity index (χ2n) is 10.1. The summed E-state index contributed by atoms with van der Waals surface area (Å²) in [5, 5.41) is 0.364. The predicted molar refractivity (Wildman–Crippen MR) is 183 cm³/mol. The van der Waals surface area contributed by atoms with Gasteiger partial charge in [-0.1, -0.05) is 121 Å². The Bertz CT molecular complexity index is 3000. The molecule has 206 valence electrons. The van der Waals surface area contributed by atoms with E-state index in [9.17, 15) is 4.11 Å². The summed E-state index contributed by atoms with van der Waals surface area (Å²) in [7, 11) is 0. The summed E-state index contributed by atoms with van der Waals surface area (Å²) < 4.78 is 90.6. The van der Waals surface area contributed by atoms with Crippen LogP contribution in [-0.2, 0) is 0 Å². The molecular formula is C39H24N4S. The molecule has 0 saturated heterocycles. The fraction of sp³-hybridized carbons (Fsp3) is 0. The van der Waals surface area contributed by atoms with Gasteiger partial charge in [0.1, 0.15) is 0 Å². The summed E-state index contributed by atoms with van der Waals surface area (Å²) in [5.74, 6) is 1.08. The molecule has 0 aliphatic rings. The average Bonchev–Trinajstić information content (AvgIpc) is 3.78. The molecular weight excluding hydrogens is 557 g/mol. The standard InChI is InChI=1S/C39H24N4S/c1-3-13-25(14-4-1)37-40-38(26-15-5-2-6-16-26)42-39(41-37)31-19-8-11-21-33(31)43-32-20-10-7-17-27(32)29-23-24-30-28-18-9-12-22-34(28)44-36(30)35(29)43/h1-24H/i7D,9D,10D,12D,17D,18D,20D,22D,23D,24D. The summed E-state index contributed by atoms with van der Waals surface area (Å²) in [6, 6.07) is 22.1. The third-order valence-electron chi connectivity index (χ3n) is 7.55. The Kier molecular flexibility index (Phi) is 3.82. The highest BCUT2D eigenvalue weighted by Crippen LogP contribution is 2.44. The fourth-order valence-corrected chi connectivity index (χ4v) is 6.70. The van der Waals surface area contributed by atoms with E-state index in [-0.39, 0.29) is 79.4 Å². The van der Waals surface area contributed by atoms with Crippen LogP contribution < -0.4 is 0 Å². The highest BCUT2D eigenvalue weighted by molar-refractivity contribution is 7.26. The van der Waals surface area contributed by atoms with Crippen LogP contribution in [0.15, 0.2) is 145 Å². The largest absolute Gasteiger partial charge is 0.307 e. The molecule has 0 bridgehead atoms. The summed E-state index contributed by atoms with van der Waals surface area (Å²) in [6.45, 7) is 0. The molecule has 0 spiro atoms. The smallest absolute Gasteiger partial charge is 0.166 e. The fourth-order valence-electron chi connectivity index (χ4n) is 5.59. The van der Waals surface area contributed by atoms with Crippen LogP contribution in [0, 0.1) is 0 Å². The molecule has 0 amide bonds. The molecule has 0 aliphatic carbocycles. The molecule has 4 nitrogen and oxygen atoms in total. The molecule has 0 atom stereocenters. The van der Waals surface area contributed by atoms with Crippen molar-refractivity contribution in [2.75, 3.05) is 0 Å². The number of para-hydroxylation sites is 2. The van der Waals surface area contributed by atoms with Crippen molar-refractivity contribution >= 4 is 53.3 Å². The van der Waals surface area contributed by atoms with Crippen LogP contribution in [0.3, 0.4) is 0 Å². The van der Waals surface area contributed by atoms with Gasteiger partial charge in [-0.15, -0.1) is 11.3 Å². The van der Waals surface area contributed by atoms with Crippen molar-refractivity contribution in [2.24, 2.45) is 0 Å². The SMILES string of the molecule is [2H]c1c([2H])c([2H])c2c(sc3c2c([2H])c([2H])c2c4c([2H])c([2H])c([2H])c([2H])c4n(-c4ccccc4-c4nc(-c5ccccc5)nc(-c5ccccc5)n4)c32)c1[2H]. The first-order valence-corrected chi connectivity index (χ1v) is 14.6. The van der Waals surface area contributed by atoms with E-state index in [1.807, 2.05) is 60.7 Å². The predicted octanol–water partition coefficient (Wildman–Crippen LogP) is 10.3. The maximum atomic E-state index is 9.34. The molecule has 0 N–H and O–H groups in total. The first kappa shape index (κ1) is 16.8. The van der Waals surface area contributed by atoms with Crippen LogP contribution in [0.1, 0.15) is 13.7 Å². The topological polar surface area (TPSA) is 43.6 Å². The number of thiophene rings is 1. The molecule has 44 heavy (non-hydrogen) atoms. The Hall–Kier alpha value is -5.65. The Morgan fingerprint density at radius 1 is 0.523 bits per heavy atom. The van der Waals surface area contributed by atoms with E-state index >= 15 is 0 Å². The number of fused-ring (bicyclic) bond motifs is 7. The van der Waals surface area contributed by atoms with Crippen LogP contribution in [-0.4, -0.2) is 19.5 Å². The van der Waals surface area contributed by atoms with Crippen molar-refractivity contribution in [2.45, 2.75) is 0 Å². The van der Waals surface area contributed by atoms with Gasteiger partial charge in [-0.3, -0.25) is 0 Å². The lowest BCUT2D eigenvalue weighted by Crippen LogP contribution is -2.03. The first-order valence-electron chi connectivity index (χ1n) is 18.8. The zero-order chi connectivity index (χ0) is 37.7. The Morgan fingerprint density at radius 2 is 1.11 bits per heavy atom. The van der Waals surface area contributed by atoms with E-state index in [0.29, 0.717) is 27.6 Å². The van der Waals surface area contributed by atoms with Crippen molar-refractivity contribution in [3.63, 3.8) is 0 Å². The Labute approximate surface area is 271 Å². The van der Waals surface area contributed by atoms with Gasteiger partial charge >= 0.3 is 0 Å². The highest BCUT2D eigenvalue weighted by atomic mass is 32.1. The van der Waals surface area contributed by atoms with Crippen molar-refractivity contribution < 1.29 is 13.7 Å². The molecule has 9 rings (SSSR count). The van der Waals surface area contributed by atoms with Gasteiger partial charge in [0.05, 0.1) is 35.1 Å². The lowest BCUT2D eigenvalue weighted by atomic mass is 10.1. The summed E-state index contributed by atoms with van der Waals surface area (Å²) in [5.41, 5.74) is 2.69. The van der Waals surface area contributed by atoms with Gasteiger partial charge in [0.15, 0.2) is 17.5 Å². The molecule has 0 unspecified atom stereocenters. The minimum Gasteiger partial charge on any atom is -0.307 e. The Balaban J connectivity index is 1.49. The van der Waals surface area contributed by atoms with E-state index in [0.717, 1.165) is 22.5 Å². The third-order valence-corrected chi connectivity index (χ3v) is 8.66. The molecule has 3 aromatic heterocycles. The first-order chi connectivity index (χ1) is 26.0. The van der Waals surface area contributed by atoms with Gasteiger partial charge in [-0.05, 0) is 24.2 Å². The lowest BCUT2D eigenvalue weighted by molar-refractivity contribution is 1.06. The number of hydrogen-bond donors (Lipinski definition) is 0. The van der Waals surface area contributed by atoms with Crippen LogP contribution in [0.25, 0.3) is 81.8 Å². The van der Waals surface area contributed by atoms with E-state index in [1.54, 1.807) is 28.8 Å². The maximum Gasteiger partial charge on any atom is 0.166 e. The van der Waals surface area contributed by atoms with Crippen LogP contribution >= 0.6 is 11.3 Å². The number of nitrogens with zero attached hydrogens (tertiary/aromatic N) is 4. The quantitative estimate of drug-likeness (QED) is 0.205. The molecule has 6 aromatic carbocycles. The number of benzene rings is 6. The molecule has 3 heterocycles. The molecule has 0 aliphatic heterocycles. The van der Waals surface area contributed by atoms with Gasteiger partial charge in [0.2, 0.25) is 0 Å². The molecule has 9 aromatic rings. The van der Waals surface area contributed by atoms with Crippen LogP contribution in [0.2, 0.25) is 0 Å². The molecule has 0 saturated carbocycles. The minimum atomic E-state index is -0.501. The van der Waals surface area contributed by atoms with Crippen molar-refractivity contribution in [1.29, 1.82) is 0 Å². The number of hydrogen-bond acceptors (Lipinski definition) is 4. The third kappa shape index (κ3) is 3.87. The Morgan fingerprint density at radius 3 is 1.86 bits per heavy atom. The van der Waals surface area contributed by atoms with E-state index in [4.69, 9.17) is 24.5 Å². The zero-order valence-corrected chi connectivity index (χ0v) is 23.6. The lowest BCUT2D eigenvalue weighted by Gasteiger charge is -2.15. The number of aromatic nitrogens is 4. The summed E-state index contributed by atoms with van der Waals surface area (Å²) in [4.78, 5) is 14.7. The van der Waals surface area contributed by atoms with E-state index < -0.39 is 24.2 Å². The monoisotopic (exact) mass is 590 g/mol. The van der Waals surface area contributed by atoms with E-state index in [1.165, 1.54) is 0 Å². The molecule has 5 heteroatoms. The average molecular weight is 591 g/mol. The summed E-state index contributed by atoms with van der Waals surface area (Å²) in [6.07, 6.45) is 0.